The average Bonchev–Trinajstić information content (AvgIpc) is 3.20. The Labute approximate surface area is 125 Å². The molecule has 1 aliphatic carbocycles. The summed E-state index contributed by atoms with van der Waals surface area (Å²) in [4.78, 5) is 0.468. The number of benzene rings is 2. The first-order chi connectivity index (χ1) is 8.75. The van der Waals surface area contributed by atoms with Crippen molar-refractivity contribution < 1.29 is 0 Å². The normalized spacial score (nSPS) is 23.7. The molecular weight excluding hydrogens is 352 g/mol. The summed E-state index contributed by atoms with van der Waals surface area (Å²) >= 11 is 7.34. The minimum absolute atomic E-state index is 0.468. The predicted molar refractivity (Wildman–Crippen MR) is 83.1 cm³/mol. The number of alkyl halides is 1. The maximum absolute atomic E-state index is 3.86. The molecule has 92 valence electrons. The largest absolute Gasteiger partial charge is 0.0836 e. The second kappa shape index (κ2) is 5.18. The Hall–Kier alpha value is -0.600. The van der Waals surface area contributed by atoms with Gasteiger partial charge in [0, 0.05) is 9.30 Å². The van der Waals surface area contributed by atoms with E-state index in [0.717, 1.165) is 16.3 Å². The van der Waals surface area contributed by atoms with Gasteiger partial charge in [0.2, 0.25) is 0 Å². The minimum Gasteiger partial charge on any atom is -0.0836 e. The van der Waals surface area contributed by atoms with Crippen LogP contribution in [0.3, 0.4) is 0 Å². The van der Waals surface area contributed by atoms with Crippen molar-refractivity contribution in [3.8, 4) is 0 Å². The number of hydrogen-bond donors (Lipinski definition) is 0. The molecule has 0 radical (unpaired) electrons. The van der Waals surface area contributed by atoms with Crippen LogP contribution in [0.4, 0.5) is 0 Å². The molecule has 1 fully saturated rings. The van der Waals surface area contributed by atoms with Crippen LogP contribution in [0.15, 0.2) is 59.1 Å². The maximum atomic E-state index is 3.86. The zero-order valence-corrected chi connectivity index (χ0v) is 13.1. The predicted octanol–water partition coefficient (Wildman–Crippen LogP) is 5.69. The molecule has 0 saturated heterocycles. The van der Waals surface area contributed by atoms with Crippen LogP contribution in [0, 0.1) is 5.92 Å². The van der Waals surface area contributed by atoms with Gasteiger partial charge in [0.1, 0.15) is 0 Å². The fourth-order valence-electron chi connectivity index (χ4n) is 2.52. The third-order valence-corrected chi connectivity index (χ3v) is 5.37. The van der Waals surface area contributed by atoms with Crippen molar-refractivity contribution in [2.24, 2.45) is 5.92 Å². The van der Waals surface area contributed by atoms with Crippen LogP contribution in [0.5, 0.6) is 0 Å². The van der Waals surface area contributed by atoms with E-state index in [4.69, 9.17) is 0 Å². The van der Waals surface area contributed by atoms with Crippen molar-refractivity contribution >= 4 is 31.9 Å². The monoisotopic (exact) mass is 364 g/mol. The molecule has 1 saturated carbocycles. The van der Waals surface area contributed by atoms with Gasteiger partial charge in [-0.3, -0.25) is 0 Å². The van der Waals surface area contributed by atoms with Crippen LogP contribution < -0.4 is 0 Å². The number of halogens is 2. The summed E-state index contributed by atoms with van der Waals surface area (Å²) in [6.07, 6.45) is 1.29. The Morgan fingerprint density at radius 2 is 1.61 bits per heavy atom. The van der Waals surface area contributed by atoms with E-state index < -0.39 is 0 Å². The number of hydrogen-bond acceptors (Lipinski definition) is 0. The molecule has 0 heterocycles. The Morgan fingerprint density at radius 3 is 2.28 bits per heavy atom. The van der Waals surface area contributed by atoms with Crippen molar-refractivity contribution in [2.45, 2.75) is 17.2 Å². The second-order valence-electron chi connectivity index (χ2n) is 4.87. The fraction of sp³-hybridized carbons (Fsp3) is 0.250. The summed E-state index contributed by atoms with van der Waals surface area (Å²) in [7, 11) is 0. The summed E-state index contributed by atoms with van der Waals surface area (Å²) in [5.74, 6) is 1.45. The molecular formula is C16H14Br2. The van der Waals surface area contributed by atoms with Crippen LogP contribution in [-0.2, 0) is 0 Å². The Bertz CT molecular complexity index is 519. The molecule has 0 N–H and O–H groups in total. The minimum atomic E-state index is 0.468. The molecule has 0 amide bonds. The molecule has 3 atom stereocenters. The maximum Gasteiger partial charge on any atom is 0.0429 e. The zero-order chi connectivity index (χ0) is 12.5. The average molecular weight is 366 g/mol. The van der Waals surface area contributed by atoms with E-state index in [-0.39, 0.29) is 0 Å². The highest BCUT2D eigenvalue weighted by molar-refractivity contribution is 9.10. The standard InChI is InChI=1S/C16H14Br2/c17-13-8-6-12(7-9-13)16(18)15-10-14(15)11-4-2-1-3-5-11/h1-9,14-16H,10H2. The van der Waals surface area contributed by atoms with Crippen molar-refractivity contribution in [1.29, 1.82) is 0 Å². The highest BCUT2D eigenvalue weighted by Crippen LogP contribution is 2.57. The molecule has 2 aromatic rings. The summed E-state index contributed by atoms with van der Waals surface area (Å²) in [6, 6.07) is 19.5. The molecule has 0 nitrogen and oxygen atoms in total. The lowest BCUT2D eigenvalue weighted by Gasteiger charge is -2.10. The lowest BCUT2D eigenvalue weighted by molar-refractivity contribution is 0.786. The lowest BCUT2D eigenvalue weighted by atomic mass is 10.0. The van der Waals surface area contributed by atoms with Gasteiger partial charge >= 0.3 is 0 Å². The molecule has 2 aromatic carbocycles. The lowest BCUT2D eigenvalue weighted by Crippen LogP contribution is -1.94. The molecule has 18 heavy (non-hydrogen) atoms. The van der Waals surface area contributed by atoms with Gasteiger partial charge in [-0.05, 0) is 41.5 Å². The molecule has 2 heteroatoms. The van der Waals surface area contributed by atoms with Crippen molar-refractivity contribution in [3.05, 3.63) is 70.2 Å². The fourth-order valence-corrected chi connectivity index (χ4v) is 3.67. The van der Waals surface area contributed by atoms with Crippen molar-refractivity contribution in [3.63, 3.8) is 0 Å². The first-order valence-electron chi connectivity index (χ1n) is 6.20. The van der Waals surface area contributed by atoms with Gasteiger partial charge in [0.05, 0.1) is 0 Å². The van der Waals surface area contributed by atoms with Gasteiger partial charge in [0.25, 0.3) is 0 Å². The van der Waals surface area contributed by atoms with E-state index in [1.165, 1.54) is 17.5 Å². The third-order valence-electron chi connectivity index (χ3n) is 3.63. The van der Waals surface area contributed by atoms with Gasteiger partial charge in [-0.1, -0.05) is 74.3 Å². The quantitative estimate of drug-likeness (QED) is 0.613. The van der Waals surface area contributed by atoms with E-state index in [1.54, 1.807) is 0 Å². The zero-order valence-electron chi connectivity index (χ0n) is 9.89. The Kier molecular flexibility index (Phi) is 3.58. The molecule has 0 aromatic heterocycles. The molecule has 0 bridgehead atoms. The molecule has 3 rings (SSSR count). The van der Waals surface area contributed by atoms with Gasteiger partial charge in [0.15, 0.2) is 0 Å². The van der Waals surface area contributed by atoms with Crippen LogP contribution in [-0.4, -0.2) is 0 Å². The summed E-state index contributed by atoms with van der Waals surface area (Å²) in [6.45, 7) is 0. The summed E-state index contributed by atoms with van der Waals surface area (Å²) < 4.78 is 1.14. The third kappa shape index (κ3) is 2.55. The van der Waals surface area contributed by atoms with Gasteiger partial charge < -0.3 is 0 Å². The first-order valence-corrected chi connectivity index (χ1v) is 7.91. The summed E-state index contributed by atoms with van der Waals surface area (Å²) in [5, 5.41) is 0. The van der Waals surface area contributed by atoms with Crippen molar-refractivity contribution in [1.82, 2.24) is 0 Å². The molecule has 3 unspecified atom stereocenters. The SMILES string of the molecule is Brc1ccc(C(Br)C2CC2c2ccccc2)cc1. The Morgan fingerprint density at radius 1 is 0.944 bits per heavy atom. The van der Waals surface area contributed by atoms with Crippen LogP contribution in [0.25, 0.3) is 0 Å². The van der Waals surface area contributed by atoms with E-state index in [1.807, 2.05) is 0 Å². The van der Waals surface area contributed by atoms with Crippen molar-refractivity contribution in [2.75, 3.05) is 0 Å². The van der Waals surface area contributed by atoms with Gasteiger partial charge in [-0.2, -0.15) is 0 Å². The highest BCUT2D eigenvalue weighted by Gasteiger charge is 2.43. The molecule has 1 aliphatic rings. The van der Waals surface area contributed by atoms with Gasteiger partial charge in [-0.15, -0.1) is 0 Å². The first kappa shape index (κ1) is 12.4. The van der Waals surface area contributed by atoms with Gasteiger partial charge in [-0.25, -0.2) is 0 Å². The second-order valence-corrected chi connectivity index (χ2v) is 6.77. The topological polar surface area (TPSA) is 0 Å². The molecule has 0 aliphatic heterocycles. The number of rotatable bonds is 3. The molecule has 0 spiro atoms. The summed E-state index contributed by atoms with van der Waals surface area (Å²) in [5.41, 5.74) is 2.85. The van der Waals surface area contributed by atoms with Crippen LogP contribution in [0.1, 0.15) is 28.3 Å². The Balaban J connectivity index is 1.73. The van der Waals surface area contributed by atoms with Crippen LogP contribution in [0.2, 0.25) is 0 Å². The highest BCUT2D eigenvalue weighted by atomic mass is 79.9. The van der Waals surface area contributed by atoms with E-state index in [0.29, 0.717) is 4.83 Å². The van der Waals surface area contributed by atoms with E-state index in [2.05, 4.69) is 86.5 Å². The van der Waals surface area contributed by atoms with Crippen LogP contribution >= 0.6 is 31.9 Å². The van der Waals surface area contributed by atoms with E-state index >= 15 is 0 Å². The smallest absolute Gasteiger partial charge is 0.0429 e. The van der Waals surface area contributed by atoms with E-state index in [9.17, 15) is 0 Å².